The number of pyridine rings is 1. The summed E-state index contributed by atoms with van der Waals surface area (Å²) in [6.07, 6.45) is 1.51. The summed E-state index contributed by atoms with van der Waals surface area (Å²) in [7, 11) is -3.48. The number of aliphatic imine (C=N–C) groups is 1. The van der Waals surface area contributed by atoms with E-state index in [2.05, 4.69) is 37.8 Å². The van der Waals surface area contributed by atoms with Crippen LogP contribution >= 0.6 is 26.5 Å². The van der Waals surface area contributed by atoms with Crippen molar-refractivity contribution in [2.24, 2.45) is 4.99 Å². The van der Waals surface area contributed by atoms with E-state index in [1.54, 1.807) is 0 Å². The van der Waals surface area contributed by atoms with E-state index in [0.29, 0.717) is 4.47 Å². The largest absolute Gasteiger partial charge is 0.465 e. The molecule has 2 atom stereocenters. The van der Waals surface area contributed by atoms with Gasteiger partial charge in [0.1, 0.15) is 16.1 Å². The molecule has 26 heavy (non-hydrogen) atoms. The zero-order valence-corrected chi connectivity index (χ0v) is 16.9. The highest BCUT2D eigenvalue weighted by Crippen LogP contribution is 2.65. The maximum atomic E-state index is 14.5. The van der Waals surface area contributed by atoms with Crippen molar-refractivity contribution in [3.63, 3.8) is 0 Å². The lowest BCUT2D eigenvalue weighted by molar-refractivity contribution is 0.199. The van der Waals surface area contributed by atoms with E-state index in [4.69, 9.17) is 5.11 Å². The third-order valence-electron chi connectivity index (χ3n) is 4.65. The molecule has 4 N–H and O–H groups in total. The van der Waals surface area contributed by atoms with Crippen molar-refractivity contribution in [3.05, 3.63) is 40.9 Å². The Labute approximate surface area is 160 Å². The Morgan fingerprint density at radius 1 is 1.50 bits per heavy atom. The number of nitrogens with zero attached hydrogens (tertiary/aromatic N) is 2. The number of rotatable bonds is 3. The summed E-state index contributed by atoms with van der Waals surface area (Å²) in [5.74, 6) is -0.967. The molecule has 144 valence electrons. The van der Waals surface area contributed by atoms with E-state index >= 15 is 0 Å². The molecule has 10 heteroatoms. The molecule has 0 unspecified atom stereocenters. The number of amides is 1. The number of carboxylic acid groups (broad SMARTS) is 1. The summed E-state index contributed by atoms with van der Waals surface area (Å²) in [6.45, 7) is 8.15. The molecule has 0 aliphatic carbocycles. The number of hydrogen-bond acceptors (Lipinski definition) is 5. The van der Waals surface area contributed by atoms with E-state index in [0.717, 1.165) is 0 Å². The Hall–Kier alpha value is -1.49. The molecule has 0 radical (unpaired) electrons. The lowest BCUT2D eigenvalue weighted by atomic mass is 9.87. The highest BCUT2D eigenvalue weighted by molar-refractivity contribution is 9.10. The lowest BCUT2D eigenvalue weighted by Crippen LogP contribution is -2.58. The van der Waals surface area contributed by atoms with Crippen molar-refractivity contribution in [2.45, 2.75) is 42.7 Å². The van der Waals surface area contributed by atoms with Gasteiger partial charge < -0.3 is 5.11 Å². The number of aromatic nitrogens is 1. The van der Waals surface area contributed by atoms with Crippen molar-refractivity contribution in [1.29, 1.82) is 0 Å². The topological polar surface area (TPSA) is 115 Å². The van der Waals surface area contributed by atoms with Gasteiger partial charge in [0.2, 0.25) is 5.95 Å². The molecule has 2 heterocycles. The van der Waals surface area contributed by atoms with Gasteiger partial charge in [0.05, 0.1) is 5.25 Å². The number of halogens is 2. The fourth-order valence-corrected chi connectivity index (χ4v) is 5.71. The van der Waals surface area contributed by atoms with E-state index in [-0.39, 0.29) is 17.8 Å². The zero-order chi connectivity index (χ0) is 19.9. The first-order chi connectivity index (χ1) is 11.9. The molecule has 2 rings (SSSR count). The van der Waals surface area contributed by atoms with Gasteiger partial charge in [-0.2, -0.15) is 15.0 Å². The average molecular weight is 450 g/mol. The minimum atomic E-state index is -3.48. The Kier molecular flexibility index (Phi) is 5.54. The van der Waals surface area contributed by atoms with Crippen LogP contribution in [0.5, 0.6) is 0 Å². The molecule has 7 nitrogen and oxygen atoms in total. The molecule has 0 saturated heterocycles. The normalized spacial score (nSPS) is 28.0. The first-order valence-corrected chi connectivity index (χ1v) is 10.1. The average Bonchev–Trinajstić information content (AvgIpc) is 2.52. The second-order valence-electron chi connectivity index (χ2n) is 6.65. The predicted molar refractivity (Wildman–Crippen MR) is 103 cm³/mol. The number of amidine groups is 1. The van der Waals surface area contributed by atoms with Crippen molar-refractivity contribution < 1.29 is 23.4 Å². The van der Waals surface area contributed by atoms with Crippen LogP contribution in [-0.2, 0) is 5.54 Å². The Bertz CT molecular complexity index is 787. The molecule has 0 bridgehead atoms. The Balaban J connectivity index is 2.83. The highest BCUT2D eigenvalue weighted by Gasteiger charge is 2.57. The fraction of sp³-hybridized carbons (Fsp3) is 0.438. The molecule has 1 aliphatic heterocycles. The van der Waals surface area contributed by atoms with Gasteiger partial charge in [-0.3, -0.25) is 19.4 Å². The number of allylic oxidation sites excluding steroid dienone is 1. The summed E-state index contributed by atoms with van der Waals surface area (Å²) in [6, 6.07) is 1.45. The van der Waals surface area contributed by atoms with Crippen LogP contribution in [0.25, 0.3) is 0 Å². The standard InChI is InChI=1S/C16H21BrFN3O4S/c1-5-6-11-16(4,10-7-9(17)8-19-12(10)18)21-13(20-14(22)23)15(2,3)26(11,24)25/h5,7-8,11,24-25H,1,6H2,2-4H3,(H,20,21)(H,22,23)/t11-,16+/m0/s1. The number of hydrogen-bond donors (Lipinski definition) is 4. The van der Waals surface area contributed by atoms with E-state index in [1.807, 2.05) is 0 Å². The van der Waals surface area contributed by atoms with Crippen molar-refractivity contribution in [1.82, 2.24) is 10.3 Å². The van der Waals surface area contributed by atoms with E-state index < -0.39 is 38.2 Å². The van der Waals surface area contributed by atoms with Gasteiger partial charge in [-0.05, 0) is 49.2 Å². The van der Waals surface area contributed by atoms with Gasteiger partial charge in [0.15, 0.2) is 0 Å². The SMILES string of the molecule is C=CC[C@H]1[C@@](C)(c2cc(Br)cnc2F)N=C(NC(=O)O)C(C)(C)S1(O)O. The van der Waals surface area contributed by atoms with Crippen molar-refractivity contribution in [2.75, 3.05) is 0 Å². The summed E-state index contributed by atoms with van der Waals surface area (Å²) < 4.78 is 35.7. The molecule has 0 saturated carbocycles. The molecule has 1 aromatic rings. The van der Waals surface area contributed by atoms with Crippen LogP contribution in [0.2, 0.25) is 0 Å². The zero-order valence-electron chi connectivity index (χ0n) is 14.5. The van der Waals surface area contributed by atoms with Gasteiger partial charge in [0, 0.05) is 16.2 Å². The first kappa shape index (κ1) is 20.8. The molecule has 0 aromatic carbocycles. The fourth-order valence-electron chi connectivity index (χ4n) is 3.06. The van der Waals surface area contributed by atoms with Gasteiger partial charge in [-0.25, -0.2) is 9.78 Å². The quantitative estimate of drug-likeness (QED) is 0.404. The van der Waals surface area contributed by atoms with Gasteiger partial charge in [-0.1, -0.05) is 6.08 Å². The van der Waals surface area contributed by atoms with Crippen molar-refractivity contribution in [3.8, 4) is 0 Å². The second kappa shape index (κ2) is 6.91. The summed E-state index contributed by atoms with van der Waals surface area (Å²) in [5, 5.41) is 10.3. The van der Waals surface area contributed by atoms with Crippen LogP contribution in [0.15, 0.2) is 34.4 Å². The van der Waals surface area contributed by atoms with Crippen LogP contribution in [0.4, 0.5) is 9.18 Å². The van der Waals surface area contributed by atoms with E-state index in [9.17, 15) is 18.3 Å². The summed E-state index contributed by atoms with van der Waals surface area (Å²) in [5.41, 5.74) is -1.44. The highest BCUT2D eigenvalue weighted by atomic mass is 79.9. The van der Waals surface area contributed by atoms with Gasteiger partial charge >= 0.3 is 6.09 Å². The summed E-state index contributed by atoms with van der Waals surface area (Å²) >= 11 is 3.23. The Morgan fingerprint density at radius 3 is 2.65 bits per heavy atom. The Morgan fingerprint density at radius 2 is 2.12 bits per heavy atom. The maximum Gasteiger partial charge on any atom is 0.410 e. The molecule has 1 aromatic heterocycles. The first-order valence-electron chi connectivity index (χ1n) is 7.67. The summed E-state index contributed by atoms with van der Waals surface area (Å²) in [4.78, 5) is 19.3. The number of carbonyl (C=O) groups is 1. The van der Waals surface area contributed by atoms with Gasteiger partial charge in [0.25, 0.3) is 0 Å². The minimum absolute atomic E-state index is 0.0267. The predicted octanol–water partition coefficient (Wildman–Crippen LogP) is 4.35. The second-order valence-corrected chi connectivity index (χ2v) is 10.3. The molecule has 0 spiro atoms. The molecular formula is C16H21BrFN3O4S. The van der Waals surface area contributed by atoms with Crippen LogP contribution in [0, 0.1) is 5.95 Å². The van der Waals surface area contributed by atoms with Crippen LogP contribution < -0.4 is 5.32 Å². The molecular weight excluding hydrogens is 429 g/mol. The van der Waals surface area contributed by atoms with Crippen LogP contribution in [0.1, 0.15) is 32.8 Å². The third kappa shape index (κ3) is 3.26. The van der Waals surface area contributed by atoms with Gasteiger partial charge in [-0.15, -0.1) is 6.58 Å². The molecule has 1 amide bonds. The minimum Gasteiger partial charge on any atom is -0.465 e. The van der Waals surface area contributed by atoms with Crippen molar-refractivity contribution >= 4 is 38.4 Å². The number of nitrogens with one attached hydrogen (secondary N) is 1. The maximum absolute atomic E-state index is 14.5. The molecule has 1 aliphatic rings. The third-order valence-corrected chi connectivity index (χ3v) is 8.22. The smallest absolute Gasteiger partial charge is 0.410 e. The van der Waals surface area contributed by atoms with Crippen LogP contribution in [-0.4, -0.2) is 41.1 Å². The van der Waals surface area contributed by atoms with E-state index in [1.165, 1.54) is 39.1 Å². The molecule has 0 fully saturated rings. The lowest BCUT2D eigenvalue weighted by Gasteiger charge is -2.59. The monoisotopic (exact) mass is 449 g/mol. The van der Waals surface area contributed by atoms with Crippen LogP contribution in [0.3, 0.4) is 0 Å².